The second-order valence-electron chi connectivity index (χ2n) is 5.59. The first-order chi connectivity index (χ1) is 13.0. The number of hydrogen-bond acceptors (Lipinski definition) is 5. The van der Waals surface area contributed by atoms with Gasteiger partial charge in [0.15, 0.2) is 5.13 Å². The lowest BCUT2D eigenvalue weighted by Crippen LogP contribution is -2.13. The predicted octanol–water partition coefficient (Wildman–Crippen LogP) is 4.82. The van der Waals surface area contributed by atoms with Crippen molar-refractivity contribution in [1.82, 2.24) is 4.98 Å². The van der Waals surface area contributed by atoms with Gasteiger partial charge in [0.2, 0.25) is 0 Å². The number of methoxy groups -OCH3 is 1. The van der Waals surface area contributed by atoms with E-state index in [2.05, 4.69) is 20.4 Å². The van der Waals surface area contributed by atoms with Crippen LogP contribution >= 0.6 is 22.9 Å². The molecule has 0 fully saturated rings. The molecule has 27 heavy (non-hydrogen) atoms. The number of thiazole rings is 1. The summed E-state index contributed by atoms with van der Waals surface area (Å²) in [7, 11) is 1.28. The Morgan fingerprint density at radius 3 is 2.63 bits per heavy atom. The van der Waals surface area contributed by atoms with E-state index in [1.54, 1.807) is 30.5 Å². The molecule has 0 saturated heterocycles. The minimum absolute atomic E-state index is 0.275. The Morgan fingerprint density at radius 1 is 1.15 bits per heavy atom. The van der Waals surface area contributed by atoms with Gasteiger partial charge >= 0.3 is 6.09 Å². The van der Waals surface area contributed by atoms with Crippen molar-refractivity contribution in [3.8, 4) is 0 Å². The van der Waals surface area contributed by atoms with Crippen LogP contribution in [0.2, 0.25) is 5.02 Å². The number of hydrogen-bond donors (Lipinski definition) is 2. The monoisotopic (exact) mass is 401 g/mol. The van der Waals surface area contributed by atoms with Gasteiger partial charge in [0.1, 0.15) is 0 Å². The smallest absolute Gasteiger partial charge is 0.411 e. The molecule has 1 heterocycles. The minimum atomic E-state index is -0.567. The Morgan fingerprint density at radius 2 is 1.93 bits per heavy atom. The van der Waals surface area contributed by atoms with Crippen molar-refractivity contribution in [3.05, 3.63) is 75.8 Å². The minimum Gasteiger partial charge on any atom is -0.453 e. The molecule has 2 aromatic carbocycles. The van der Waals surface area contributed by atoms with Gasteiger partial charge in [0, 0.05) is 33.8 Å². The Balaban J connectivity index is 1.61. The number of ether oxygens (including phenoxy) is 1. The molecule has 3 aromatic rings. The predicted molar refractivity (Wildman–Crippen MR) is 107 cm³/mol. The van der Waals surface area contributed by atoms with Crippen LogP contribution in [0.25, 0.3) is 0 Å². The molecule has 0 aliphatic carbocycles. The number of carbonyl (C=O) groups is 2. The fourth-order valence-corrected chi connectivity index (χ4v) is 3.39. The Labute approximate surface area is 165 Å². The number of nitrogens with zero attached hydrogens (tertiary/aromatic N) is 1. The average Bonchev–Trinajstić information content (AvgIpc) is 3.09. The van der Waals surface area contributed by atoms with E-state index in [1.807, 2.05) is 24.3 Å². The highest BCUT2D eigenvalue weighted by atomic mass is 35.5. The molecule has 0 bridgehead atoms. The summed E-state index contributed by atoms with van der Waals surface area (Å²) in [4.78, 5) is 28.8. The third-order valence-electron chi connectivity index (χ3n) is 3.62. The van der Waals surface area contributed by atoms with Gasteiger partial charge in [-0.2, -0.15) is 0 Å². The summed E-state index contributed by atoms with van der Waals surface area (Å²) in [5, 5.41) is 6.52. The number of aromatic nitrogens is 1. The number of carbonyl (C=O) groups excluding carboxylic acids is 2. The first kappa shape index (κ1) is 18.9. The van der Waals surface area contributed by atoms with Crippen LogP contribution in [0.5, 0.6) is 0 Å². The number of amides is 2. The molecule has 0 aliphatic rings. The molecule has 0 aliphatic heterocycles. The summed E-state index contributed by atoms with van der Waals surface area (Å²) in [6.45, 7) is 0. The molecule has 0 saturated carbocycles. The standard InChI is InChI=1S/C19H16ClN3O3S/c1-26-19(25)22-15-7-5-13(6-8-15)17(24)23-18-21-11-16(27-18)10-12-3-2-4-14(20)9-12/h2-9,11H,10H2,1H3,(H,22,25)(H,21,23,24). The lowest BCUT2D eigenvalue weighted by atomic mass is 10.1. The molecule has 2 N–H and O–H groups in total. The third-order valence-corrected chi connectivity index (χ3v) is 4.77. The zero-order chi connectivity index (χ0) is 19.2. The largest absolute Gasteiger partial charge is 0.453 e. The summed E-state index contributed by atoms with van der Waals surface area (Å²) >= 11 is 7.41. The zero-order valence-corrected chi connectivity index (χ0v) is 15.9. The van der Waals surface area contributed by atoms with Crippen molar-refractivity contribution in [2.75, 3.05) is 17.7 Å². The SMILES string of the molecule is COC(=O)Nc1ccc(C(=O)Nc2ncc(Cc3cccc(Cl)c3)s2)cc1. The van der Waals surface area contributed by atoms with Gasteiger partial charge in [-0.25, -0.2) is 9.78 Å². The van der Waals surface area contributed by atoms with Crippen LogP contribution in [0.15, 0.2) is 54.7 Å². The van der Waals surface area contributed by atoms with Gasteiger partial charge in [-0.3, -0.25) is 15.4 Å². The molecule has 6 nitrogen and oxygen atoms in total. The highest BCUT2D eigenvalue weighted by Crippen LogP contribution is 2.23. The van der Waals surface area contributed by atoms with Gasteiger partial charge in [-0.1, -0.05) is 23.7 Å². The van der Waals surface area contributed by atoms with Crippen LogP contribution in [0.4, 0.5) is 15.6 Å². The van der Waals surface area contributed by atoms with E-state index in [9.17, 15) is 9.59 Å². The van der Waals surface area contributed by atoms with Crippen LogP contribution < -0.4 is 10.6 Å². The van der Waals surface area contributed by atoms with Crippen molar-refractivity contribution >= 4 is 45.8 Å². The Kier molecular flexibility index (Phi) is 6.05. The van der Waals surface area contributed by atoms with E-state index >= 15 is 0 Å². The van der Waals surface area contributed by atoms with Crippen LogP contribution in [0.3, 0.4) is 0 Å². The third kappa shape index (κ3) is 5.29. The molecule has 8 heteroatoms. The van der Waals surface area contributed by atoms with Gasteiger partial charge in [0.05, 0.1) is 7.11 Å². The van der Waals surface area contributed by atoms with Crippen molar-refractivity contribution in [2.45, 2.75) is 6.42 Å². The lowest BCUT2D eigenvalue weighted by molar-refractivity contribution is 0.102. The molecule has 1 aromatic heterocycles. The normalized spacial score (nSPS) is 10.3. The highest BCUT2D eigenvalue weighted by Gasteiger charge is 2.10. The van der Waals surface area contributed by atoms with E-state index in [-0.39, 0.29) is 5.91 Å². The molecule has 0 unspecified atom stereocenters. The van der Waals surface area contributed by atoms with E-state index in [1.165, 1.54) is 18.4 Å². The molecular weight excluding hydrogens is 386 g/mol. The second-order valence-corrected chi connectivity index (χ2v) is 7.14. The van der Waals surface area contributed by atoms with Gasteiger partial charge in [0.25, 0.3) is 5.91 Å². The fourth-order valence-electron chi connectivity index (χ4n) is 2.34. The molecule has 3 rings (SSSR count). The Bertz CT molecular complexity index is 957. The molecular formula is C19H16ClN3O3S. The van der Waals surface area contributed by atoms with E-state index < -0.39 is 6.09 Å². The molecule has 2 amide bonds. The molecule has 0 atom stereocenters. The first-order valence-electron chi connectivity index (χ1n) is 7.99. The lowest BCUT2D eigenvalue weighted by Gasteiger charge is -2.05. The second kappa shape index (κ2) is 8.66. The van der Waals surface area contributed by atoms with Gasteiger partial charge in [-0.15, -0.1) is 11.3 Å². The van der Waals surface area contributed by atoms with Gasteiger partial charge < -0.3 is 4.74 Å². The van der Waals surface area contributed by atoms with Gasteiger partial charge in [-0.05, 0) is 42.0 Å². The van der Waals surface area contributed by atoms with Crippen molar-refractivity contribution in [3.63, 3.8) is 0 Å². The maximum absolute atomic E-state index is 12.3. The molecule has 0 radical (unpaired) electrons. The van der Waals surface area contributed by atoms with Crippen molar-refractivity contribution in [2.24, 2.45) is 0 Å². The summed E-state index contributed by atoms with van der Waals surface area (Å²) in [5.41, 5.74) is 2.08. The zero-order valence-electron chi connectivity index (χ0n) is 14.4. The summed E-state index contributed by atoms with van der Waals surface area (Å²) in [6, 6.07) is 14.1. The first-order valence-corrected chi connectivity index (χ1v) is 9.18. The quantitative estimate of drug-likeness (QED) is 0.642. The highest BCUT2D eigenvalue weighted by molar-refractivity contribution is 7.15. The number of rotatable bonds is 5. The topological polar surface area (TPSA) is 80.3 Å². The van der Waals surface area contributed by atoms with Crippen LogP contribution in [0, 0.1) is 0 Å². The summed E-state index contributed by atoms with van der Waals surface area (Å²) in [5.74, 6) is -0.275. The Hall–Kier alpha value is -2.90. The van der Waals surface area contributed by atoms with Crippen molar-refractivity contribution < 1.29 is 14.3 Å². The molecule has 138 valence electrons. The number of anilines is 2. The number of nitrogens with one attached hydrogen (secondary N) is 2. The summed E-state index contributed by atoms with van der Waals surface area (Å²) < 4.78 is 4.52. The number of benzene rings is 2. The summed E-state index contributed by atoms with van der Waals surface area (Å²) in [6.07, 6.45) is 1.87. The number of halogens is 1. The van der Waals surface area contributed by atoms with Crippen molar-refractivity contribution in [1.29, 1.82) is 0 Å². The van der Waals surface area contributed by atoms with Crippen LogP contribution in [0.1, 0.15) is 20.8 Å². The molecule has 0 spiro atoms. The average molecular weight is 402 g/mol. The van der Waals surface area contributed by atoms with E-state index in [0.717, 1.165) is 10.4 Å². The fraction of sp³-hybridized carbons (Fsp3) is 0.105. The maximum Gasteiger partial charge on any atom is 0.411 e. The van der Waals surface area contributed by atoms with E-state index in [0.29, 0.717) is 27.8 Å². The van der Waals surface area contributed by atoms with Crippen LogP contribution in [-0.4, -0.2) is 24.1 Å². The van der Waals surface area contributed by atoms with E-state index in [4.69, 9.17) is 11.6 Å². The van der Waals surface area contributed by atoms with Crippen LogP contribution in [-0.2, 0) is 11.2 Å². The maximum atomic E-state index is 12.3.